The monoisotopic (exact) mass is 484 g/mol. The molecule has 0 saturated heterocycles. The predicted molar refractivity (Wildman–Crippen MR) is 93.8 cm³/mol. The van der Waals surface area contributed by atoms with Crippen LogP contribution in [0.15, 0.2) is 24.3 Å². The van der Waals surface area contributed by atoms with Crippen molar-refractivity contribution in [1.29, 1.82) is 0 Å². The molecule has 26 heavy (non-hydrogen) atoms. The largest absolute Gasteiger partial charge is 0.396 e. The number of amides is 1. The van der Waals surface area contributed by atoms with E-state index in [0.717, 1.165) is 6.07 Å². The lowest BCUT2D eigenvalue weighted by Gasteiger charge is -2.15. The third kappa shape index (κ3) is 4.83. The molecule has 2 aromatic carbocycles. The number of hydroxylamine groups is 1. The molecular formula is C16H13F4IN2O3. The van der Waals surface area contributed by atoms with Gasteiger partial charge in [-0.05, 0) is 53.3 Å². The van der Waals surface area contributed by atoms with E-state index in [1.165, 1.54) is 12.1 Å². The van der Waals surface area contributed by atoms with Crippen molar-refractivity contribution in [2.24, 2.45) is 0 Å². The number of nitrogens with one attached hydrogen (secondary N) is 2. The minimum atomic E-state index is -1.81. The van der Waals surface area contributed by atoms with Gasteiger partial charge < -0.3 is 10.4 Å². The van der Waals surface area contributed by atoms with Gasteiger partial charge >= 0.3 is 0 Å². The summed E-state index contributed by atoms with van der Waals surface area (Å²) in [6, 6.07) is 4.37. The van der Waals surface area contributed by atoms with Gasteiger partial charge in [0.1, 0.15) is 5.82 Å². The minimum Gasteiger partial charge on any atom is -0.396 e. The highest BCUT2D eigenvalue weighted by Gasteiger charge is 2.24. The van der Waals surface area contributed by atoms with Crippen LogP contribution in [0.4, 0.5) is 28.9 Å². The Morgan fingerprint density at radius 2 is 1.85 bits per heavy atom. The van der Waals surface area contributed by atoms with Crippen LogP contribution in [0.2, 0.25) is 0 Å². The Labute approximate surface area is 159 Å². The van der Waals surface area contributed by atoms with Gasteiger partial charge in [0.15, 0.2) is 17.5 Å². The van der Waals surface area contributed by atoms with Crippen molar-refractivity contribution in [2.45, 2.75) is 6.42 Å². The number of halogens is 5. The molecule has 140 valence electrons. The summed E-state index contributed by atoms with van der Waals surface area (Å²) in [7, 11) is 0. The normalized spacial score (nSPS) is 10.7. The zero-order chi connectivity index (χ0) is 19.3. The molecule has 3 N–H and O–H groups in total. The lowest BCUT2D eigenvalue weighted by Crippen LogP contribution is -2.26. The van der Waals surface area contributed by atoms with Crippen molar-refractivity contribution in [2.75, 3.05) is 18.5 Å². The number of benzene rings is 2. The molecule has 0 aliphatic rings. The Morgan fingerprint density at radius 3 is 2.50 bits per heavy atom. The van der Waals surface area contributed by atoms with E-state index in [2.05, 4.69) is 5.32 Å². The summed E-state index contributed by atoms with van der Waals surface area (Å²) in [6.45, 7) is -0.239. The summed E-state index contributed by atoms with van der Waals surface area (Å²) in [5.74, 6) is -6.92. The zero-order valence-electron chi connectivity index (χ0n) is 13.1. The number of aliphatic hydroxyl groups excluding tert-OH is 1. The summed E-state index contributed by atoms with van der Waals surface area (Å²) < 4.78 is 55.8. The van der Waals surface area contributed by atoms with Crippen molar-refractivity contribution in [3.05, 3.63) is 56.7 Å². The van der Waals surface area contributed by atoms with Crippen LogP contribution in [0.1, 0.15) is 16.8 Å². The highest BCUT2D eigenvalue weighted by Crippen LogP contribution is 2.30. The number of hydrogen-bond donors (Lipinski definition) is 3. The van der Waals surface area contributed by atoms with Crippen LogP contribution >= 0.6 is 22.6 Å². The van der Waals surface area contributed by atoms with Crippen molar-refractivity contribution in [3.8, 4) is 0 Å². The van der Waals surface area contributed by atoms with E-state index in [9.17, 15) is 22.4 Å². The number of carbonyl (C=O) groups excluding carboxylic acids is 1. The summed E-state index contributed by atoms with van der Waals surface area (Å²) >= 11 is 1.86. The van der Waals surface area contributed by atoms with E-state index in [1.54, 1.807) is 0 Å². The lowest BCUT2D eigenvalue weighted by atomic mass is 10.1. The molecule has 1 amide bonds. The second-order valence-corrected chi connectivity index (χ2v) is 6.26. The average Bonchev–Trinajstić information content (AvgIpc) is 2.60. The van der Waals surface area contributed by atoms with Gasteiger partial charge in [0.2, 0.25) is 0 Å². The van der Waals surface area contributed by atoms with E-state index in [-0.39, 0.29) is 25.3 Å². The summed E-state index contributed by atoms with van der Waals surface area (Å²) in [5, 5.41) is 10.9. The topological polar surface area (TPSA) is 70.6 Å². The van der Waals surface area contributed by atoms with E-state index >= 15 is 0 Å². The molecule has 0 saturated carbocycles. The first-order valence-electron chi connectivity index (χ1n) is 7.27. The van der Waals surface area contributed by atoms with Gasteiger partial charge in [-0.15, -0.1) is 0 Å². The second-order valence-electron chi connectivity index (χ2n) is 5.01. The first kappa shape index (κ1) is 20.4. The first-order chi connectivity index (χ1) is 12.3. The van der Waals surface area contributed by atoms with Gasteiger partial charge in [-0.2, -0.15) is 0 Å². The van der Waals surface area contributed by atoms with Crippen LogP contribution in [0.5, 0.6) is 0 Å². The minimum absolute atomic E-state index is 0.0527. The maximum absolute atomic E-state index is 14.2. The molecule has 0 aliphatic carbocycles. The zero-order valence-corrected chi connectivity index (χ0v) is 15.2. The van der Waals surface area contributed by atoms with Gasteiger partial charge in [0, 0.05) is 10.2 Å². The van der Waals surface area contributed by atoms with Crippen LogP contribution in [-0.2, 0) is 4.84 Å². The van der Waals surface area contributed by atoms with Crippen molar-refractivity contribution in [1.82, 2.24) is 5.48 Å². The first-order valence-corrected chi connectivity index (χ1v) is 8.35. The van der Waals surface area contributed by atoms with Crippen LogP contribution in [0.25, 0.3) is 0 Å². The maximum Gasteiger partial charge on any atom is 0.277 e. The molecule has 0 aliphatic heterocycles. The molecule has 2 rings (SSSR count). The van der Waals surface area contributed by atoms with Crippen LogP contribution in [-0.4, -0.2) is 24.2 Å². The standard InChI is InChI=1S/C16H13F4IN2O3/c17-10-6-8(21)2-3-12(10)22-15-9(7-11(18)13(19)14(15)20)16(25)23-26-5-1-4-24/h2-3,6-7,22,24H,1,4-5H2,(H,23,25). The van der Waals surface area contributed by atoms with E-state index in [0.29, 0.717) is 9.64 Å². The predicted octanol–water partition coefficient (Wildman–Crippen LogP) is 3.64. The maximum atomic E-state index is 14.2. The Bertz CT molecular complexity index is 821. The van der Waals surface area contributed by atoms with E-state index < -0.39 is 40.4 Å². The number of anilines is 2. The summed E-state index contributed by atoms with van der Waals surface area (Å²) in [4.78, 5) is 16.8. The van der Waals surface area contributed by atoms with E-state index in [4.69, 9.17) is 9.94 Å². The second kappa shape index (κ2) is 9.14. The Kier molecular flexibility index (Phi) is 7.17. The molecule has 0 radical (unpaired) electrons. The van der Waals surface area contributed by atoms with Gasteiger partial charge in [0.25, 0.3) is 5.91 Å². The van der Waals surface area contributed by atoms with Crippen molar-refractivity contribution >= 4 is 39.9 Å². The number of aliphatic hydroxyl groups is 1. The van der Waals surface area contributed by atoms with Crippen LogP contribution < -0.4 is 10.8 Å². The van der Waals surface area contributed by atoms with Crippen molar-refractivity contribution < 1.29 is 32.3 Å². The smallest absolute Gasteiger partial charge is 0.277 e. The molecule has 0 bridgehead atoms. The Hall–Kier alpha value is -1.92. The number of carbonyl (C=O) groups is 1. The van der Waals surface area contributed by atoms with Crippen LogP contribution in [0, 0.1) is 26.8 Å². The molecule has 10 heteroatoms. The third-order valence-corrected chi connectivity index (χ3v) is 3.84. The molecule has 2 aromatic rings. The quantitative estimate of drug-likeness (QED) is 0.185. The molecule has 0 fully saturated rings. The van der Waals surface area contributed by atoms with Gasteiger partial charge in [-0.3, -0.25) is 9.63 Å². The highest BCUT2D eigenvalue weighted by molar-refractivity contribution is 14.1. The van der Waals surface area contributed by atoms with E-state index in [1.807, 2.05) is 28.1 Å². The molecule has 0 spiro atoms. The fourth-order valence-electron chi connectivity index (χ4n) is 1.93. The molecule has 0 aromatic heterocycles. The number of rotatable bonds is 7. The fourth-order valence-corrected chi connectivity index (χ4v) is 2.38. The molecule has 0 atom stereocenters. The van der Waals surface area contributed by atoms with Crippen molar-refractivity contribution in [3.63, 3.8) is 0 Å². The Morgan fingerprint density at radius 1 is 1.12 bits per heavy atom. The summed E-state index contributed by atoms with van der Waals surface area (Å²) in [5.41, 5.74) is 0.321. The Balaban J connectivity index is 2.36. The van der Waals surface area contributed by atoms with Gasteiger partial charge in [-0.1, -0.05) is 0 Å². The molecular weight excluding hydrogens is 471 g/mol. The van der Waals surface area contributed by atoms with Gasteiger partial charge in [-0.25, -0.2) is 23.0 Å². The number of hydrogen-bond acceptors (Lipinski definition) is 4. The molecule has 5 nitrogen and oxygen atoms in total. The SMILES string of the molecule is O=C(NOCCCO)c1cc(F)c(F)c(F)c1Nc1ccc(I)cc1F. The fraction of sp³-hybridized carbons (Fsp3) is 0.188. The van der Waals surface area contributed by atoms with Gasteiger partial charge in [0.05, 0.1) is 23.5 Å². The summed E-state index contributed by atoms with van der Waals surface area (Å²) in [6.07, 6.45) is 0.214. The van der Waals surface area contributed by atoms with Crippen LogP contribution in [0.3, 0.4) is 0 Å². The highest BCUT2D eigenvalue weighted by atomic mass is 127. The molecule has 0 unspecified atom stereocenters. The molecule has 0 heterocycles. The lowest BCUT2D eigenvalue weighted by molar-refractivity contribution is 0.0262. The average molecular weight is 484 g/mol. The third-order valence-electron chi connectivity index (χ3n) is 3.17.